The molecule has 0 bridgehead atoms. The molecule has 1 heterocycles. The summed E-state index contributed by atoms with van der Waals surface area (Å²) in [6.07, 6.45) is 0.116. The molecule has 0 saturated carbocycles. The summed E-state index contributed by atoms with van der Waals surface area (Å²) >= 11 is 0. The lowest BCUT2D eigenvalue weighted by Crippen LogP contribution is -2.53. The molecule has 6 heteroatoms. The average Bonchev–Trinajstić information content (AvgIpc) is 2.21. The van der Waals surface area contributed by atoms with Gasteiger partial charge in [0.05, 0.1) is 12.2 Å². The molecule has 1 N–H and O–H groups in total. The number of nitrogens with zero attached hydrogens (tertiary/aromatic N) is 1. The van der Waals surface area contributed by atoms with Gasteiger partial charge in [-0.25, -0.2) is 0 Å². The zero-order chi connectivity index (χ0) is 13.9. The highest BCUT2D eigenvalue weighted by molar-refractivity contribution is 6.17. The third-order valence-corrected chi connectivity index (χ3v) is 2.61. The third-order valence-electron chi connectivity index (χ3n) is 2.61. The van der Waals surface area contributed by atoms with Crippen molar-refractivity contribution in [2.45, 2.75) is 32.8 Å². The van der Waals surface area contributed by atoms with E-state index in [9.17, 15) is 19.5 Å². The van der Waals surface area contributed by atoms with Gasteiger partial charge in [0.25, 0.3) is 0 Å². The molecule has 0 spiro atoms. The number of esters is 1. The van der Waals surface area contributed by atoms with Crippen molar-refractivity contribution in [2.75, 3.05) is 19.7 Å². The normalized spacial score (nSPS) is 21.1. The summed E-state index contributed by atoms with van der Waals surface area (Å²) in [4.78, 5) is 36.6. The molecule has 102 valence electrons. The van der Waals surface area contributed by atoms with Gasteiger partial charge in [-0.2, -0.15) is 0 Å². The van der Waals surface area contributed by atoms with Crippen molar-refractivity contribution in [3.63, 3.8) is 0 Å². The van der Waals surface area contributed by atoms with Gasteiger partial charge in [-0.15, -0.1) is 0 Å². The number of ether oxygens (including phenoxy) is 1. The molecule has 18 heavy (non-hydrogen) atoms. The summed E-state index contributed by atoms with van der Waals surface area (Å²) in [5.74, 6) is -3.15. The number of ketones is 1. The largest absolute Gasteiger partial charge is 0.465 e. The molecule has 1 atom stereocenters. The SMILES string of the molecule is CCOC(=O)C1C(=O)CCN(CC(C)(C)O)C1=O. The van der Waals surface area contributed by atoms with Crippen molar-refractivity contribution < 1.29 is 24.2 Å². The molecule has 1 aliphatic heterocycles. The first-order valence-corrected chi connectivity index (χ1v) is 5.97. The van der Waals surface area contributed by atoms with Gasteiger partial charge < -0.3 is 14.7 Å². The number of likely N-dealkylation sites (tertiary alicyclic amines) is 1. The summed E-state index contributed by atoms with van der Waals surface area (Å²) in [7, 11) is 0. The Hall–Kier alpha value is -1.43. The standard InChI is InChI=1S/C12H19NO5/c1-4-18-11(16)9-8(14)5-6-13(10(9)15)7-12(2,3)17/h9,17H,4-7H2,1-3H3. The van der Waals surface area contributed by atoms with Gasteiger partial charge in [0, 0.05) is 19.5 Å². The molecule has 1 rings (SSSR count). The van der Waals surface area contributed by atoms with Crippen LogP contribution in [0.3, 0.4) is 0 Å². The number of rotatable bonds is 4. The minimum atomic E-state index is -1.36. The number of amides is 1. The van der Waals surface area contributed by atoms with E-state index in [0.717, 1.165) is 0 Å². The first-order valence-electron chi connectivity index (χ1n) is 5.97. The maximum atomic E-state index is 12.0. The first-order chi connectivity index (χ1) is 8.26. The molecule has 0 radical (unpaired) electrons. The Morgan fingerprint density at radius 3 is 2.61 bits per heavy atom. The number of Topliss-reactive ketones (excluding diaryl/α,β-unsaturated/α-hetero) is 1. The number of hydrogen-bond donors (Lipinski definition) is 1. The van der Waals surface area contributed by atoms with E-state index in [4.69, 9.17) is 4.74 Å². The molecule has 0 aromatic rings. The van der Waals surface area contributed by atoms with Crippen molar-refractivity contribution in [3.05, 3.63) is 0 Å². The van der Waals surface area contributed by atoms with Crippen LogP contribution in [0.4, 0.5) is 0 Å². The Labute approximate surface area is 106 Å². The summed E-state index contributed by atoms with van der Waals surface area (Å²) in [6, 6.07) is 0. The van der Waals surface area contributed by atoms with Crippen LogP contribution in [0.1, 0.15) is 27.2 Å². The summed E-state index contributed by atoms with van der Waals surface area (Å²) in [5, 5.41) is 9.69. The quantitative estimate of drug-likeness (QED) is 0.554. The van der Waals surface area contributed by atoms with Crippen molar-refractivity contribution in [1.82, 2.24) is 4.90 Å². The van der Waals surface area contributed by atoms with Crippen LogP contribution in [0.5, 0.6) is 0 Å². The third kappa shape index (κ3) is 3.53. The van der Waals surface area contributed by atoms with Gasteiger partial charge in [0.2, 0.25) is 5.91 Å². The summed E-state index contributed by atoms with van der Waals surface area (Å²) in [5.41, 5.74) is -1.06. The van der Waals surface area contributed by atoms with Gasteiger partial charge in [-0.1, -0.05) is 0 Å². The second-order valence-electron chi connectivity index (χ2n) is 4.97. The molecule has 0 aromatic heterocycles. The predicted octanol–water partition coefficient (Wildman–Crippen LogP) is -0.262. The monoisotopic (exact) mass is 257 g/mol. The molecular weight excluding hydrogens is 238 g/mol. The van der Waals surface area contributed by atoms with Gasteiger partial charge >= 0.3 is 5.97 Å². The summed E-state index contributed by atoms with van der Waals surface area (Å²) < 4.78 is 4.73. The van der Waals surface area contributed by atoms with Gasteiger partial charge in [0.1, 0.15) is 0 Å². The van der Waals surface area contributed by atoms with Crippen molar-refractivity contribution >= 4 is 17.7 Å². The van der Waals surface area contributed by atoms with Crippen LogP contribution in [-0.2, 0) is 19.1 Å². The van der Waals surface area contributed by atoms with E-state index in [1.165, 1.54) is 4.90 Å². The lowest BCUT2D eigenvalue weighted by atomic mass is 9.94. The van der Waals surface area contributed by atoms with E-state index in [0.29, 0.717) is 0 Å². The van der Waals surface area contributed by atoms with Crippen LogP contribution in [0, 0.1) is 5.92 Å². The fourth-order valence-corrected chi connectivity index (χ4v) is 1.90. The molecule has 1 fully saturated rings. The van der Waals surface area contributed by atoms with Gasteiger partial charge in [0.15, 0.2) is 11.7 Å². The van der Waals surface area contributed by atoms with Crippen molar-refractivity contribution in [1.29, 1.82) is 0 Å². The molecular formula is C12H19NO5. The smallest absolute Gasteiger partial charge is 0.326 e. The lowest BCUT2D eigenvalue weighted by molar-refractivity contribution is -0.162. The molecule has 0 aromatic carbocycles. The summed E-state index contributed by atoms with van der Waals surface area (Å²) in [6.45, 7) is 5.20. The van der Waals surface area contributed by atoms with Crippen molar-refractivity contribution in [3.8, 4) is 0 Å². The van der Waals surface area contributed by atoms with Gasteiger partial charge in [-0.05, 0) is 20.8 Å². The van der Waals surface area contributed by atoms with Crippen LogP contribution >= 0.6 is 0 Å². The fourth-order valence-electron chi connectivity index (χ4n) is 1.90. The second-order valence-corrected chi connectivity index (χ2v) is 4.97. The van der Waals surface area contributed by atoms with Crippen LogP contribution in [-0.4, -0.2) is 53.0 Å². The molecule has 0 aliphatic carbocycles. The number of hydrogen-bond acceptors (Lipinski definition) is 5. The maximum absolute atomic E-state index is 12.0. The highest BCUT2D eigenvalue weighted by atomic mass is 16.5. The first kappa shape index (κ1) is 14.6. The van der Waals surface area contributed by atoms with Crippen molar-refractivity contribution in [2.24, 2.45) is 5.92 Å². The number of carbonyl (C=O) groups is 3. The number of piperidine rings is 1. The van der Waals surface area contributed by atoms with Crippen LogP contribution in [0.25, 0.3) is 0 Å². The van der Waals surface area contributed by atoms with Crippen LogP contribution in [0.2, 0.25) is 0 Å². The zero-order valence-electron chi connectivity index (χ0n) is 10.9. The Balaban J connectivity index is 2.81. The highest BCUT2D eigenvalue weighted by Gasteiger charge is 2.42. The molecule has 1 unspecified atom stereocenters. The van der Waals surface area contributed by atoms with E-state index in [1.807, 2.05) is 0 Å². The molecule has 6 nitrogen and oxygen atoms in total. The number of carbonyl (C=O) groups excluding carboxylic acids is 3. The Morgan fingerprint density at radius 1 is 1.50 bits per heavy atom. The highest BCUT2D eigenvalue weighted by Crippen LogP contribution is 2.18. The maximum Gasteiger partial charge on any atom is 0.326 e. The van der Waals surface area contributed by atoms with Crippen LogP contribution in [0.15, 0.2) is 0 Å². The lowest BCUT2D eigenvalue weighted by Gasteiger charge is -2.34. The molecule has 1 aliphatic rings. The minimum absolute atomic E-state index is 0.0923. The number of β-amino-alcohol motifs (C(OH)–C–C–N with tert-alkyl or cyclic N) is 1. The fraction of sp³-hybridized carbons (Fsp3) is 0.750. The van der Waals surface area contributed by atoms with Gasteiger partial charge in [-0.3, -0.25) is 14.4 Å². The Morgan fingerprint density at radius 2 is 2.11 bits per heavy atom. The van der Waals surface area contributed by atoms with E-state index in [2.05, 4.69) is 0 Å². The number of aliphatic hydroxyl groups is 1. The average molecular weight is 257 g/mol. The Kier molecular flexibility index (Phi) is 4.45. The molecule has 1 saturated heterocycles. The van der Waals surface area contributed by atoms with E-state index < -0.39 is 29.2 Å². The zero-order valence-corrected chi connectivity index (χ0v) is 10.9. The van der Waals surface area contributed by atoms with E-state index in [-0.39, 0.29) is 26.1 Å². The Bertz CT molecular complexity index is 358. The minimum Gasteiger partial charge on any atom is -0.465 e. The molecule has 1 amide bonds. The van der Waals surface area contributed by atoms with Crippen LogP contribution < -0.4 is 0 Å². The second kappa shape index (κ2) is 5.48. The predicted molar refractivity (Wildman–Crippen MR) is 62.6 cm³/mol. The topological polar surface area (TPSA) is 83.9 Å². The van der Waals surface area contributed by atoms with E-state index in [1.54, 1.807) is 20.8 Å². The van der Waals surface area contributed by atoms with E-state index >= 15 is 0 Å².